The number of rotatable bonds is 4. The lowest BCUT2D eigenvalue weighted by atomic mass is 10.2. The van der Waals surface area contributed by atoms with Crippen LogP contribution < -0.4 is 11.1 Å². The lowest BCUT2D eigenvalue weighted by molar-refractivity contribution is 0.0950. The summed E-state index contributed by atoms with van der Waals surface area (Å²) in [7, 11) is -3.43. The number of amides is 1. The molecule has 0 aliphatic carbocycles. The number of benzene rings is 1. The third kappa shape index (κ3) is 3.99. The predicted molar refractivity (Wildman–Crippen MR) is 77.2 cm³/mol. The van der Waals surface area contributed by atoms with E-state index in [1.807, 2.05) is 0 Å². The third-order valence-corrected chi connectivity index (χ3v) is 3.78. The number of sulfone groups is 1. The Labute approximate surface area is 122 Å². The van der Waals surface area contributed by atoms with Crippen molar-refractivity contribution in [2.24, 2.45) is 0 Å². The molecule has 8 heteroatoms. The molecule has 2 rings (SSSR count). The van der Waals surface area contributed by atoms with Gasteiger partial charge in [-0.3, -0.25) is 4.79 Å². The minimum atomic E-state index is -3.43. The Bertz CT molecular complexity index is 760. The molecular formula is C13H14N4O3S. The number of nitrogens with one attached hydrogen (secondary N) is 1. The Hall–Kier alpha value is -2.48. The molecule has 0 saturated carbocycles. The summed E-state index contributed by atoms with van der Waals surface area (Å²) in [6, 6.07) is 5.70. The van der Waals surface area contributed by atoms with Crippen molar-refractivity contribution in [3.05, 3.63) is 48.0 Å². The minimum Gasteiger partial charge on any atom is -0.399 e. The van der Waals surface area contributed by atoms with Crippen molar-refractivity contribution in [1.29, 1.82) is 0 Å². The number of hydrogen-bond acceptors (Lipinski definition) is 6. The van der Waals surface area contributed by atoms with Crippen molar-refractivity contribution in [2.75, 3.05) is 12.0 Å². The smallest absolute Gasteiger partial charge is 0.251 e. The largest absolute Gasteiger partial charge is 0.399 e. The van der Waals surface area contributed by atoms with Gasteiger partial charge in [-0.1, -0.05) is 0 Å². The molecule has 1 aromatic heterocycles. The van der Waals surface area contributed by atoms with Gasteiger partial charge in [0.15, 0.2) is 9.84 Å². The molecular weight excluding hydrogens is 292 g/mol. The zero-order valence-electron chi connectivity index (χ0n) is 11.3. The van der Waals surface area contributed by atoms with E-state index in [1.165, 1.54) is 24.5 Å². The molecule has 1 heterocycles. The van der Waals surface area contributed by atoms with Gasteiger partial charge >= 0.3 is 0 Å². The molecule has 0 aliphatic heterocycles. The molecule has 0 aliphatic rings. The van der Waals surface area contributed by atoms with Crippen molar-refractivity contribution in [3.63, 3.8) is 0 Å². The standard InChI is InChI=1S/C13H14N4O3S/c1-21(19,20)12-5-9(4-10(14)6-12)13(18)16-7-11-2-3-15-8-17-11/h2-6,8H,7,14H2,1H3,(H,16,18). The normalized spacial score (nSPS) is 11.1. The van der Waals surface area contributed by atoms with Crippen molar-refractivity contribution in [1.82, 2.24) is 15.3 Å². The second-order valence-electron chi connectivity index (χ2n) is 4.45. The van der Waals surface area contributed by atoms with Crippen molar-refractivity contribution < 1.29 is 13.2 Å². The average molecular weight is 306 g/mol. The van der Waals surface area contributed by atoms with Crippen LogP contribution in [0.2, 0.25) is 0 Å². The van der Waals surface area contributed by atoms with Crippen LogP contribution in [0.15, 0.2) is 41.7 Å². The quantitative estimate of drug-likeness (QED) is 0.790. The summed E-state index contributed by atoms with van der Waals surface area (Å²) in [6.45, 7) is 0.213. The molecule has 3 N–H and O–H groups in total. The van der Waals surface area contributed by atoms with Gasteiger partial charge in [0.2, 0.25) is 0 Å². The predicted octanol–water partition coefficient (Wildman–Crippen LogP) is 0.392. The molecule has 0 saturated heterocycles. The minimum absolute atomic E-state index is 0.00897. The number of carbonyl (C=O) groups is 1. The van der Waals surface area contributed by atoms with Gasteiger partial charge in [-0.15, -0.1) is 0 Å². The summed E-state index contributed by atoms with van der Waals surface area (Å²) in [5.41, 5.74) is 6.68. The van der Waals surface area contributed by atoms with Gasteiger partial charge in [-0.25, -0.2) is 18.4 Å². The van der Waals surface area contributed by atoms with Crippen molar-refractivity contribution in [2.45, 2.75) is 11.4 Å². The van der Waals surface area contributed by atoms with Crippen LogP contribution in [0, 0.1) is 0 Å². The van der Waals surface area contributed by atoms with Gasteiger partial charge in [0.1, 0.15) is 6.33 Å². The van der Waals surface area contributed by atoms with Gasteiger partial charge in [-0.2, -0.15) is 0 Å². The average Bonchev–Trinajstić information content (AvgIpc) is 2.44. The first-order valence-corrected chi connectivity index (χ1v) is 7.89. The number of anilines is 1. The maximum atomic E-state index is 12.0. The van der Waals surface area contributed by atoms with E-state index in [1.54, 1.807) is 12.3 Å². The molecule has 0 bridgehead atoms. The molecule has 0 spiro atoms. The van der Waals surface area contributed by atoms with E-state index >= 15 is 0 Å². The van der Waals surface area contributed by atoms with Gasteiger partial charge < -0.3 is 11.1 Å². The highest BCUT2D eigenvalue weighted by molar-refractivity contribution is 7.90. The fourth-order valence-corrected chi connectivity index (χ4v) is 2.35. The molecule has 1 amide bonds. The van der Waals surface area contributed by atoms with Crippen molar-refractivity contribution in [3.8, 4) is 0 Å². The first kappa shape index (κ1) is 14.9. The molecule has 1 aromatic carbocycles. The molecule has 0 atom stereocenters. The number of nitrogen functional groups attached to an aromatic ring is 1. The Morgan fingerprint density at radius 2 is 2.10 bits per heavy atom. The second-order valence-corrected chi connectivity index (χ2v) is 6.46. The highest BCUT2D eigenvalue weighted by Crippen LogP contribution is 2.16. The summed E-state index contributed by atoms with van der Waals surface area (Å²) < 4.78 is 23.1. The molecule has 0 unspecified atom stereocenters. The van der Waals surface area contributed by atoms with Crippen LogP contribution in [0.25, 0.3) is 0 Å². The van der Waals surface area contributed by atoms with Gasteiger partial charge in [0.05, 0.1) is 17.1 Å². The summed E-state index contributed by atoms with van der Waals surface area (Å²) in [5.74, 6) is -0.425. The number of carbonyl (C=O) groups excluding carboxylic acids is 1. The number of nitrogens with zero attached hydrogens (tertiary/aromatic N) is 2. The number of hydrogen-bond donors (Lipinski definition) is 2. The summed E-state index contributed by atoms with van der Waals surface area (Å²) in [4.78, 5) is 19.8. The van der Waals surface area contributed by atoms with Crippen LogP contribution in [0.1, 0.15) is 16.1 Å². The summed E-state index contributed by atoms with van der Waals surface area (Å²) in [6.07, 6.45) is 4.00. The Balaban J connectivity index is 2.18. The molecule has 0 fully saturated rings. The highest BCUT2D eigenvalue weighted by atomic mass is 32.2. The van der Waals surface area contributed by atoms with E-state index in [-0.39, 0.29) is 22.7 Å². The van der Waals surface area contributed by atoms with Crippen LogP contribution in [0.4, 0.5) is 5.69 Å². The third-order valence-electron chi connectivity index (χ3n) is 2.69. The topological polar surface area (TPSA) is 115 Å². The summed E-state index contributed by atoms with van der Waals surface area (Å²) >= 11 is 0. The van der Waals surface area contributed by atoms with E-state index in [0.29, 0.717) is 5.69 Å². The second kappa shape index (κ2) is 5.88. The molecule has 0 radical (unpaired) electrons. The van der Waals surface area contributed by atoms with Crippen LogP contribution in [-0.2, 0) is 16.4 Å². The number of aromatic nitrogens is 2. The lowest BCUT2D eigenvalue weighted by Crippen LogP contribution is -2.23. The first-order valence-electron chi connectivity index (χ1n) is 6.00. The lowest BCUT2D eigenvalue weighted by Gasteiger charge is -2.07. The van der Waals surface area contributed by atoms with Crippen LogP contribution in [0.5, 0.6) is 0 Å². The fourth-order valence-electron chi connectivity index (χ4n) is 1.66. The fraction of sp³-hybridized carbons (Fsp3) is 0.154. The van der Waals surface area contributed by atoms with Crippen LogP contribution in [0.3, 0.4) is 0 Å². The molecule has 2 aromatic rings. The van der Waals surface area contributed by atoms with E-state index < -0.39 is 15.7 Å². The van der Waals surface area contributed by atoms with Gasteiger partial charge in [-0.05, 0) is 24.3 Å². The molecule has 110 valence electrons. The van der Waals surface area contributed by atoms with Gasteiger partial charge in [0.25, 0.3) is 5.91 Å². The van der Waals surface area contributed by atoms with Gasteiger partial charge in [0, 0.05) is 23.7 Å². The van der Waals surface area contributed by atoms with E-state index in [9.17, 15) is 13.2 Å². The monoisotopic (exact) mass is 306 g/mol. The zero-order chi connectivity index (χ0) is 15.5. The van der Waals surface area contributed by atoms with Crippen LogP contribution in [-0.4, -0.2) is 30.5 Å². The Kier molecular flexibility index (Phi) is 4.18. The summed E-state index contributed by atoms with van der Waals surface area (Å²) in [5, 5.41) is 2.64. The van der Waals surface area contributed by atoms with E-state index in [2.05, 4.69) is 15.3 Å². The maximum absolute atomic E-state index is 12.0. The molecule has 21 heavy (non-hydrogen) atoms. The molecule has 7 nitrogen and oxygen atoms in total. The Morgan fingerprint density at radius 3 is 2.71 bits per heavy atom. The van der Waals surface area contributed by atoms with E-state index in [4.69, 9.17) is 5.73 Å². The number of nitrogens with two attached hydrogens (primary N) is 1. The highest BCUT2D eigenvalue weighted by Gasteiger charge is 2.13. The maximum Gasteiger partial charge on any atom is 0.251 e. The SMILES string of the molecule is CS(=O)(=O)c1cc(N)cc(C(=O)NCc2ccncn2)c1. The Morgan fingerprint density at radius 1 is 1.33 bits per heavy atom. The van der Waals surface area contributed by atoms with E-state index in [0.717, 1.165) is 6.26 Å². The van der Waals surface area contributed by atoms with Crippen molar-refractivity contribution >= 4 is 21.4 Å². The first-order chi connectivity index (χ1) is 9.86. The zero-order valence-corrected chi connectivity index (χ0v) is 12.1. The van der Waals surface area contributed by atoms with Crippen LogP contribution >= 0.6 is 0 Å².